The second kappa shape index (κ2) is 7.32. The number of nitrogens with one attached hydrogen (secondary N) is 1. The molecule has 21 heavy (non-hydrogen) atoms. The summed E-state index contributed by atoms with van der Waals surface area (Å²) in [7, 11) is 0. The standard InChI is InChI=1S/C17H25Cl2NO/c1-5-8-20-17(14-7-6-13(18)9-15(14)19)16-10(2)11(3)21-12(16)4/h6-7,9-12,16-17,20H,5,8H2,1-4H3. The second-order valence-electron chi connectivity index (χ2n) is 6.08. The SMILES string of the molecule is CCCNC(c1ccc(Cl)cc1Cl)C1C(C)OC(C)C1C. The molecular formula is C17H25Cl2NO. The van der Waals surface area contributed by atoms with Gasteiger partial charge in [0, 0.05) is 22.0 Å². The monoisotopic (exact) mass is 329 g/mol. The van der Waals surface area contributed by atoms with Gasteiger partial charge in [-0.05, 0) is 50.4 Å². The van der Waals surface area contributed by atoms with Crippen LogP contribution in [-0.4, -0.2) is 18.8 Å². The average molecular weight is 330 g/mol. The van der Waals surface area contributed by atoms with Crippen molar-refractivity contribution < 1.29 is 4.74 Å². The van der Waals surface area contributed by atoms with Crippen LogP contribution in [0.4, 0.5) is 0 Å². The van der Waals surface area contributed by atoms with Crippen molar-refractivity contribution in [2.75, 3.05) is 6.54 Å². The maximum Gasteiger partial charge on any atom is 0.0600 e. The van der Waals surface area contributed by atoms with Crippen molar-refractivity contribution >= 4 is 23.2 Å². The molecule has 0 saturated carbocycles. The molecule has 1 N–H and O–H groups in total. The van der Waals surface area contributed by atoms with Crippen molar-refractivity contribution in [2.45, 2.75) is 52.4 Å². The summed E-state index contributed by atoms with van der Waals surface area (Å²) in [5.41, 5.74) is 1.12. The zero-order valence-electron chi connectivity index (χ0n) is 13.2. The average Bonchev–Trinajstić information content (AvgIpc) is 2.67. The highest BCUT2D eigenvalue weighted by atomic mass is 35.5. The number of benzene rings is 1. The van der Waals surface area contributed by atoms with Gasteiger partial charge in [-0.1, -0.05) is 43.1 Å². The van der Waals surface area contributed by atoms with Crippen LogP contribution in [0.2, 0.25) is 10.0 Å². The third-order valence-electron chi connectivity index (χ3n) is 4.62. The van der Waals surface area contributed by atoms with Gasteiger partial charge in [-0.15, -0.1) is 0 Å². The van der Waals surface area contributed by atoms with Crippen LogP contribution >= 0.6 is 23.2 Å². The molecule has 5 atom stereocenters. The summed E-state index contributed by atoms with van der Waals surface area (Å²) >= 11 is 12.5. The Morgan fingerprint density at radius 2 is 1.90 bits per heavy atom. The van der Waals surface area contributed by atoms with Gasteiger partial charge in [0.15, 0.2) is 0 Å². The first kappa shape index (κ1) is 17.1. The fourth-order valence-electron chi connectivity index (χ4n) is 3.38. The Labute approximate surface area is 138 Å². The Kier molecular flexibility index (Phi) is 5.96. The minimum atomic E-state index is 0.199. The van der Waals surface area contributed by atoms with Gasteiger partial charge in [0.2, 0.25) is 0 Å². The van der Waals surface area contributed by atoms with Gasteiger partial charge in [-0.25, -0.2) is 0 Å². The van der Waals surface area contributed by atoms with Crippen LogP contribution in [0, 0.1) is 11.8 Å². The van der Waals surface area contributed by atoms with Gasteiger partial charge >= 0.3 is 0 Å². The minimum absolute atomic E-state index is 0.199. The summed E-state index contributed by atoms with van der Waals surface area (Å²) in [6, 6.07) is 5.98. The number of halogens is 2. The van der Waals surface area contributed by atoms with Crippen molar-refractivity contribution in [2.24, 2.45) is 11.8 Å². The summed E-state index contributed by atoms with van der Waals surface area (Å²) in [5.74, 6) is 0.895. The molecule has 5 unspecified atom stereocenters. The van der Waals surface area contributed by atoms with Gasteiger partial charge in [0.25, 0.3) is 0 Å². The van der Waals surface area contributed by atoms with Crippen molar-refractivity contribution in [3.63, 3.8) is 0 Å². The van der Waals surface area contributed by atoms with Crippen molar-refractivity contribution in [1.29, 1.82) is 0 Å². The van der Waals surface area contributed by atoms with Crippen LogP contribution in [0.1, 0.15) is 45.7 Å². The second-order valence-corrected chi connectivity index (χ2v) is 6.92. The molecule has 1 aromatic carbocycles. The molecule has 2 nitrogen and oxygen atoms in total. The van der Waals surface area contributed by atoms with Crippen molar-refractivity contribution in [3.8, 4) is 0 Å². The molecule has 1 fully saturated rings. The highest BCUT2D eigenvalue weighted by Gasteiger charge is 2.42. The van der Waals surface area contributed by atoms with E-state index < -0.39 is 0 Å². The Morgan fingerprint density at radius 1 is 1.19 bits per heavy atom. The first-order chi connectivity index (χ1) is 9.95. The van der Waals surface area contributed by atoms with Gasteiger partial charge < -0.3 is 10.1 Å². The predicted octanol–water partition coefficient (Wildman–Crippen LogP) is 5.09. The number of hydrogen-bond acceptors (Lipinski definition) is 2. The molecule has 0 amide bonds. The molecule has 0 aromatic heterocycles. The number of hydrogen-bond donors (Lipinski definition) is 1. The van der Waals surface area contributed by atoms with Gasteiger partial charge in [-0.3, -0.25) is 0 Å². The quantitative estimate of drug-likeness (QED) is 0.811. The van der Waals surface area contributed by atoms with E-state index >= 15 is 0 Å². The Balaban J connectivity index is 2.33. The van der Waals surface area contributed by atoms with E-state index in [-0.39, 0.29) is 18.2 Å². The lowest BCUT2D eigenvalue weighted by Crippen LogP contribution is -2.35. The fourth-order valence-corrected chi connectivity index (χ4v) is 3.90. The third kappa shape index (κ3) is 3.73. The van der Waals surface area contributed by atoms with Gasteiger partial charge in [-0.2, -0.15) is 0 Å². The van der Waals surface area contributed by atoms with E-state index in [0.29, 0.717) is 16.9 Å². The predicted molar refractivity (Wildman–Crippen MR) is 90.2 cm³/mol. The summed E-state index contributed by atoms with van der Waals surface area (Å²) in [5, 5.41) is 5.07. The molecule has 1 saturated heterocycles. The van der Waals surface area contributed by atoms with Crippen LogP contribution in [0.25, 0.3) is 0 Å². The lowest BCUT2D eigenvalue weighted by atomic mass is 9.80. The third-order valence-corrected chi connectivity index (χ3v) is 5.18. The largest absolute Gasteiger partial charge is 0.375 e. The molecule has 1 aromatic rings. The van der Waals surface area contributed by atoms with E-state index in [1.165, 1.54) is 0 Å². The topological polar surface area (TPSA) is 21.3 Å². The first-order valence-electron chi connectivity index (χ1n) is 7.79. The summed E-state index contributed by atoms with van der Waals surface area (Å²) in [6.45, 7) is 9.72. The van der Waals surface area contributed by atoms with E-state index in [9.17, 15) is 0 Å². The summed E-state index contributed by atoms with van der Waals surface area (Å²) in [6.07, 6.45) is 1.59. The lowest BCUT2D eigenvalue weighted by molar-refractivity contribution is 0.0475. The van der Waals surface area contributed by atoms with E-state index in [1.807, 2.05) is 18.2 Å². The maximum absolute atomic E-state index is 6.45. The first-order valence-corrected chi connectivity index (χ1v) is 8.55. The summed E-state index contributed by atoms with van der Waals surface area (Å²) < 4.78 is 6.02. The highest BCUT2D eigenvalue weighted by molar-refractivity contribution is 6.35. The smallest absolute Gasteiger partial charge is 0.0600 e. The van der Waals surface area contributed by atoms with Crippen LogP contribution in [0.5, 0.6) is 0 Å². The molecule has 1 aliphatic rings. The molecule has 2 rings (SSSR count). The van der Waals surface area contributed by atoms with Crippen molar-refractivity contribution in [3.05, 3.63) is 33.8 Å². The van der Waals surface area contributed by atoms with Crippen LogP contribution in [0.3, 0.4) is 0 Å². The lowest BCUT2D eigenvalue weighted by Gasteiger charge is -2.31. The number of rotatable bonds is 5. The molecular weight excluding hydrogens is 305 g/mol. The zero-order chi connectivity index (χ0) is 15.6. The van der Waals surface area contributed by atoms with Crippen molar-refractivity contribution in [1.82, 2.24) is 5.32 Å². The molecule has 0 radical (unpaired) electrons. The van der Waals surface area contributed by atoms with Crippen LogP contribution < -0.4 is 5.32 Å². The Bertz CT molecular complexity index is 480. The van der Waals surface area contributed by atoms with E-state index in [0.717, 1.165) is 23.6 Å². The zero-order valence-corrected chi connectivity index (χ0v) is 14.7. The van der Waals surface area contributed by atoms with E-state index in [1.54, 1.807) is 0 Å². The van der Waals surface area contributed by atoms with Gasteiger partial charge in [0.1, 0.15) is 0 Å². The molecule has 0 spiro atoms. The Morgan fingerprint density at radius 3 is 2.43 bits per heavy atom. The Hall–Kier alpha value is -0.280. The van der Waals surface area contributed by atoms with Gasteiger partial charge in [0.05, 0.1) is 12.2 Å². The molecule has 0 bridgehead atoms. The minimum Gasteiger partial charge on any atom is -0.375 e. The molecule has 4 heteroatoms. The van der Waals surface area contributed by atoms with Crippen LogP contribution in [-0.2, 0) is 4.74 Å². The van der Waals surface area contributed by atoms with E-state index in [4.69, 9.17) is 27.9 Å². The molecule has 1 aliphatic heterocycles. The molecule has 1 heterocycles. The fraction of sp³-hybridized carbons (Fsp3) is 0.647. The van der Waals surface area contributed by atoms with E-state index in [2.05, 4.69) is 33.0 Å². The number of ether oxygens (including phenoxy) is 1. The molecule has 118 valence electrons. The maximum atomic E-state index is 6.45. The highest BCUT2D eigenvalue weighted by Crippen LogP contribution is 2.42. The summed E-state index contributed by atoms with van der Waals surface area (Å²) in [4.78, 5) is 0. The normalized spacial score (nSPS) is 30.6. The van der Waals surface area contributed by atoms with Crippen LogP contribution in [0.15, 0.2) is 18.2 Å². The molecule has 0 aliphatic carbocycles.